The van der Waals surface area contributed by atoms with E-state index in [4.69, 9.17) is 0 Å². The molecule has 1 aromatic rings. The van der Waals surface area contributed by atoms with E-state index >= 15 is 0 Å². The quantitative estimate of drug-likeness (QED) is 0.525. The summed E-state index contributed by atoms with van der Waals surface area (Å²) in [6.07, 6.45) is 7.55. The fourth-order valence-electron chi connectivity index (χ4n) is 1.92. The predicted octanol–water partition coefficient (Wildman–Crippen LogP) is 4.87. The van der Waals surface area contributed by atoms with Gasteiger partial charge in [0.1, 0.15) is 0 Å². The number of aryl methyl sites for hydroxylation is 1. The van der Waals surface area contributed by atoms with Crippen LogP contribution in [0.15, 0.2) is 53.7 Å². The maximum atomic E-state index is 4.43. The van der Waals surface area contributed by atoms with Gasteiger partial charge in [0.05, 0.1) is 5.70 Å². The van der Waals surface area contributed by atoms with E-state index in [1.165, 1.54) is 16.7 Å². The summed E-state index contributed by atoms with van der Waals surface area (Å²) in [6.45, 7) is 12.0. The Labute approximate surface area is 110 Å². The Balaban J connectivity index is 3.30. The van der Waals surface area contributed by atoms with Gasteiger partial charge >= 0.3 is 0 Å². The number of hydrogen-bond acceptors (Lipinski definition) is 1. The van der Waals surface area contributed by atoms with E-state index < -0.39 is 0 Å². The minimum Gasteiger partial charge on any atom is -0.257 e. The second-order valence-corrected chi connectivity index (χ2v) is 4.14. The highest BCUT2D eigenvalue weighted by atomic mass is 14.7. The third kappa shape index (κ3) is 3.07. The van der Waals surface area contributed by atoms with Gasteiger partial charge in [-0.2, -0.15) is 0 Å². The summed E-state index contributed by atoms with van der Waals surface area (Å²) < 4.78 is 0. The molecule has 0 saturated carbocycles. The molecule has 0 unspecified atom stereocenters. The number of aliphatic imine (C=N–C) groups is 1. The van der Waals surface area contributed by atoms with Crippen molar-refractivity contribution in [2.45, 2.75) is 27.7 Å². The maximum absolute atomic E-state index is 4.43. The third-order valence-corrected chi connectivity index (χ3v) is 3.05. The fraction of sp³-hybridized carbons (Fsp3) is 0.235. The minimum absolute atomic E-state index is 0.978. The molecular weight excluding hydrogens is 218 g/mol. The highest BCUT2D eigenvalue weighted by molar-refractivity contribution is 5.84. The Hall–Kier alpha value is -1.89. The summed E-state index contributed by atoms with van der Waals surface area (Å²) in [6, 6.07) is 6.37. The zero-order valence-corrected chi connectivity index (χ0v) is 11.7. The molecule has 1 aromatic carbocycles. The Bertz CT molecular complexity index is 516. The zero-order chi connectivity index (χ0) is 13.5. The van der Waals surface area contributed by atoms with Crippen LogP contribution in [-0.4, -0.2) is 6.21 Å². The van der Waals surface area contributed by atoms with Crippen molar-refractivity contribution >= 4 is 11.8 Å². The van der Waals surface area contributed by atoms with Crippen LogP contribution in [-0.2, 0) is 0 Å². The molecule has 0 aliphatic rings. The normalized spacial score (nSPS) is 13.1. The van der Waals surface area contributed by atoms with Gasteiger partial charge in [0, 0.05) is 11.8 Å². The zero-order valence-electron chi connectivity index (χ0n) is 11.7. The van der Waals surface area contributed by atoms with Gasteiger partial charge in [0.25, 0.3) is 0 Å². The lowest BCUT2D eigenvalue weighted by atomic mass is 9.95. The van der Waals surface area contributed by atoms with Crippen LogP contribution in [0.2, 0.25) is 0 Å². The Morgan fingerprint density at radius 1 is 1.17 bits per heavy atom. The smallest absolute Gasteiger partial charge is 0.0662 e. The van der Waals surface area contributed by atoms with Crippen molar-refractivity contribution in [3.05, 3.63) is 65.4 Å². The van der Waals surface area contributed by atoms with E-state index in [1.807, 2.05) is 19.9 Å². The average molecular weight is 239 g/mol. The summed E-state index contributed by atoms with van der Waals surface area (Å²) in [5.74, 6) is 0. The van der Waals surface area contributed by atoms with Gasteiger partial charge < -0.3 is 0 Å². The molecule has 0 N–H and O–H groups in total. The lowest BCUT2D eigenvalue weighted by Gasteiger charge is -2.12. The standard InChI is InChI=1S/C17H21N/c1-6-12-18-17(8-3)15(7-2)16-11-9-10-13(4)14(16)5/h6-12H,1H2,2-5H3/b15-7-,17-8-,18-12?. The van der Waals surface area contributed by atoms with Gasteiger partial charge in [0.15, 0.2) is 0 Å². The summed E-state index contributed by atoms with van der Waals surface area (Å²) in [4.78, 5) is 4.43. The predicted molar refractivity (Wildman–Crippen MR) is 82.0 cm³/mol. The fourth-order valence-corrected chi connectivity index (χ4v) is 1.92. The molecule has 0 spiro atoms. The molecule has 94 valence electrons. The summed E-state index contributed by atoms with van der Waals surface area (Å²) >= 11 is 0. The van der Waals surface area contributed by atoms with E-state index in [0.717, 1.165) is 11.3 Å². The lowest BCUT2D eigenvalue weighted by Crippen LogP contribution is -1.94. The number of allylic oxidation sites excluding steroid dienone is 4. The first kappa shape index (κ1) is 14.2. The van der Waals surface area contributed by atoms with Crippen LogP contribution in [0.3, 0.4) is 0 Å². The molecule has 0 saturated heterocycles. The Kier molecular flexibility index (Phi) is 5.31. The number of hydrogen-bond donors (Lipinski definition) is 0. The van der Waals surface area contributed by atoms with Crippen LogP contribution >= 0.6 is 0 Å². The van der Waals surface area contributed by atoms with E-state index in [-0.39, 0.29) is 0 Å². The Morgan fingerprint density at radius 3 is 2.44 bits per heavy atom. The average Bonchev–Trinajstić information content (AvgIpc) is 2.38. The van der Waals surface area contributed by atoms with E-state index in [1.54, 1.807) is 12.3 Å². The van der Waals surface area contributed by atoms with Crippen molar-refractivity contribution in [3.8, 4) is 0 Å². The SMILES string of the molecule is C=CC=NC(=C\C)/C(=C\C)c1cccc(C)c1C. The summed E-state index contributed by atoms with van der Waals surface area (Å²) in [7, 11) is 0. The molecule has 0 atom stereocenters. The highest BCUT2D eigenvalue weighted by Gasteiger charge is 2.09. The molecule has 1 rings (SSSR count). The van der Waals surface area contributed by atoms with Gasteiger partial charge in [-0.05, 0) is 44.4 Å². The van der Waals surface area contributed by atoms with Gasteiger partial charge in [-0.25, -0.2) is 0 Å². The van der Waals surface area contributed by atoms with Gasteiger partial charge in [-0.15, -0.1) is 0 Å². The van der Waals surface area contributed by atoms with E-state index in [0.29, 0.717) is 0 Å². The van der Waals surface area contributed by atoms with Crippen molar-refractivity contribution < 1.29 is 0 Å². The lowest BCUT2D eigenvalue weighted by molar-refractivity contribution is 1.29. The van der Waals surface area contributed by atoms with Crippen molar-refractivity contribution in [2.24, 2.45) is 4.99 Å². The van der Waals surface area contributed by atoms with Crippen LogP contribution in [0.25, 0.3) is 5.57 Å². The minimum atomic E-state index is 0.978. The van der Waals surface area contributed by atoms with E-state index in [9.17, 15) is 0 Å². The molecule has 0 amide bonds. The van der Waals surface area contributed by atoms with Gasteiger partial charge in [-0.3, -0.25) is 4.99 Å². The molecular formula is C17H21N. The first-order chi connectivity index (χ1) is 8.65. The molecule has 0 bridgehead atoms. The first-order valence-electron chi connectivity index (χ1n) is 6.20. The molecule has 1 heteroatoms. The van der Waals surface area contributed by atoms with Crippen molar-refractivity contribution in [2.75, 3.05) is 0 Å². The highest BCUT2D eigenvalue weighted by Crippen LogP contribution is 2.28. The second kappa shape index (κ2) is 6.75. The summed E-state index contributed by atoms with van der Waals surface area (Å²) in [5, 5.41) is 0. The molecule has 0 radical (unpaired) electrons. The van der Waals surface area contributed by atoms with Crippen LogP contribution in [0, 0.1) is 13.8 Å². The molecule has 0 fully saturated rings. The Morgan fingerprint density at radius 2 is 1.89 bits per heavy atom. The topological polar surface area (TPSA) is 12.4 Å². The van der Waals surface area contributed by atoms with Crippen molar-refractivity contribution in [1.82, 2.24) is 0 Å². The molecule has 0 aliphatic heterocycles. The number of nitrogens with zero attached hydrogens (tertiary/aromatic N) is 1. The molecule has 0 aliphatic carbocycles. The number of benzene rings is 1. The maximum Gasteiger partial charge on any atom is 0.0662 e. The van der Waals surface area contributed by atoms with E-state index in [2.05, 4.69) is 49.7 Å². The van der Waals surface area contributed by atoms with Gasteiger partial charge in [-0.1, -0.05) is 43.0 Å². The second-order valence-electron chi connectivity index (χ2n) is 4.14. The van der Waals surface area contributed by atoms with Crippen molar-refractivity contribution in [1.29, 1.82) is 0 Å². The molecule has 18 heavy (non-hydrogen) atoms. The monoisotopic (exact) mass is 239 g/mol. The molecule has 0 heterocycles. The molecule has 0 aromatic heterocycles. The van der Waals surface area contributed by atoms with Crippen LogP contribution in [0.4, 0.5) is 0 Å². The van der Waals surface area contributed by atoms with Crippen LogP contribution in [0.1, 0.15) is 30.5 Å². The number of rotatable bonds is 4. The van der Waals surface area contributed by atoms with Gasteiger partial charge in [0.2, 0.25) is 0 Å². The first-order valence-corrected chi connectivity index (χ1v) is 6.20. The summed E-state index contributed by atoms with van der Waals surface area (Å²) in [5.41, 5.74) is 5.99. The largest absolute Gasteiger partial charge is 0.257 e. The molecule has 1 nitrogen and oxygen atoms in total. The third-order valence-electron chi connectivity index (χ3n) is 3.05. The van der Waals surface area contributed by atoms with Crippen LogP contribution in [0.5, 0.6) is 0 Å². The van der Waals surface area contributed by atoms with Crippen LogP contribution < -0.4 is 0 Å². The van der Waals surface area contributed by atoms with Crippen molar-refractivity contribution in [3.63, 3.8) is 0 Å².